The minimum Gasteiger partial charge on any atom is -0.345 e. The third-order valence-electron chi connectivity index (χ3n) is 3.78. The van der Waals surface area contributed by atoms with Crippen LogP contribution in [0.25, 0.3) is 0 Å². The van der Waals surface area contributed by atoms with E-state index in [0.29, 0.717) is 0 Å². The fraction of sp³-hybridized carbons (Fsp3) is 0.278. The number of alkyl halides is 3. The summed E-state index contributed by atoms with van der Waals surface area (Å²) in [6, 6.07) is 12.3. The van der Waals surface area contributed by atoms with Crippen molar-refractivity contribution in [1.82, 2.24) is 5.32 Å². The van der Waals surface area contributed by atoms with E-state index in [9.17, 15) is 26.4 Å². The quantitative estimate of drug-likeness (QED) is 0.810. The number of nitrogens with zero attached hydrogens (tertiary/aromatic N) is 1. The molecule has 5 nitrogen and oxygen atoms in total. The monoisotopic (exact) mass is 400 g/mol. The molecule has 0 aliphatic carbocycles. The lowest BCUT2D eigenvalue weighted by molar-refractivity contribution is -0.138. The molecule has 0 aliphatic heterocycles. The van der Waals surface area contributed by atoms with E-state index in [1.807, 2.05) is 0 Å². The van der Waals surface area contributed by atoms with Crippen LogP contribution in [-0.4, -0.2) is 33.1 Å². The Hall–Kier alpha value is -2.55. The number of rotatable bonds is 6. The standard InChI is InChI=1S/C18H19F3N2O3S/c1-13-8-10-15(11-9-13)23(14(2)17(24)22-12-18(19,20)21)27(25,26)16-6-4-3-5-7-16/h3-11,14H,12H2,1-2H3,(H,22,24). The molecular formula is C18H19F3N2O3S. The molecule has 0 aromatic heterocycles. The second-order valence-corrected chi connectivity index (χ2v) is 7.77. The molecule has 1 atom stereocenters. The van der Waals surface area contributed by atoms with Gasteiger partial charge in [-0.2, -0.15) is 13.2 Å². The van der Waals surface area contributed by atoms with Crippen LogP contribution in [0.1, 0.15) is 12.5 Å². The number of amides is 1. The lowest BCUT2D eigenvalue weighted by Crippen LogP contribution is -2.49. The van der Waals surface area contributed by atoms with Crippen molar-refractivity contribution < 1.29 is 26.4 Å². The summed E-state index contributed by atoms with van der Waals surface area (Å²) in [6.45, 7) is 1.51. The van der Waals surface area contributed by atoms with E-state index in [0.717, 1.165) is 9.87 Å². The number of sulfonamides is 1. The lowest BCUT2D eigenvalue weighted by Gasteiger charge is -2.30. The molecule has 0 saturated carbocycles. The van der Waals surface area contributed by atoms with Crippen LogP contribution >= 0.6 is 0 Å². The maximum atomic E-state index is 13.1. The van der Waals surface area contributed by atoms with Gasteiger partial charge in [0.25, 0.3) is 10.0 Å². The van der Waals surface area contributed by atoms with Crippen LogP contribution < -0.4 is 9.62 Å². The van der Waals surface area contributed by atoms with E-state index in [1.165, 1.54) is 43.3 Å². The molecule has 2 aromatic carbocycles. The smallest absolute Gasteiger partial charge is 0.345 e. The number of hydrogen-bond acceptors (Lipinski definition) is 3. The van der Waals surface area contributed by atoms with Crippen LogP contribution in [0, 0.1) is 6.92 Å². The van der Waals surface area contributed by atoms with Crippen LogP contribution in [0.4, 0.5) is 18.9 Å². The Kier molecular flexibility index (Phi) is 6.15. The largest absolute Gasteiger partial charge is 0.405 e. The summed E-state index contributed by atoms with van der Waals surface area (Å²) in [7, 11) is -4.17. The van der Waals surface area contributed by atoms with E-state index in [2.05, 4.69) is 0 Å². The van der Waals surface area contributed by atoms with Gasteiger partial charge in [0.15, 0.2) is 0 Å². The molecule has 146 valence electrons. The van der Waals surface area contributed by atoms with Gasteiger partial charge >= 0.3 is 6.18 Å². The van der Waals surface area contributed by atoms with Gasteiger partial charge in [-0.15, -0.1) is 0 Å². The van der Waals surface area contributed by atoms with Crippen LogP contribution in [0.2, 0.25) is 0 Å². The first kappa shape index (κ1) is 20.8. The Labute approximate surface area is 155 Å². The van der Waals surface area contributed by atoms with E-state index in [4.69, 9.17) is 0 Å². The predicted octanol–water partition coefficient (Wildman–Crippen LogP) is 3.26. The Morgan fingerprint density at radius 2 is 1.63 bits per heavy atom. The number of aryl methyl sites for hydroxylation is 1. The van der Waals surface area contributed by atoms with E-state index < -0.39 is 34.7 Å². The molecule has 1 amide bonds. The fourth-order valence-corrected chi connectivity index (χ4v) is 4.05. The molecule has 0 heterocycles. The maximum absolute atomic E-state index is 13.1. The highest BCUT2D eigenvalue weighted by Gasteiger charge is 2.35. The van der Waals surface area contributed by atoms with Crippen molar-refractivity contribution in [2.75, 3.05) is 10.8 Å². The number of carbonyl (C=O) groups is 1. The highest BCUT2D eigenvalue weighted by molar-refractivity contribution is 7.92. The van der Waals surface area contributed by atoms with Crippen LogP contribution in [0.3, 0.4) is 0 Å². The Morgan fingerprint density at radius 1 is 1.07 bits per heavy atom. The summed E-state index contributed by atoms with van der Waals surface area (Å²) >= 11 is 0. The highest BCUT2D eigenvalue weighted by Crippen LogP contribution is 2.27. The Balaban J connectivity index is 2.44. The third kappa shape index (κ3) is 5.22. The average molecular weight is 400 g/mol. The maximum Gasteiger partial charge on any atom is 0.405 e. The van der Waals surface area contributed by atoms with Gasteiger partial charge in [0.2, 0.25) is 5.91 Å². The molecule has 0 bridgehead atoms. The lowest BCUT2D eigenvalue weighted by atomic mass is 10.2. The summed E-state index contributed by atoms with van der Waals surface area (Å²) in [6.07, 6.45) is -4.59. The molecule has 0 spiro atoms. The van der Waals surface area contributed by atoms with Crippen molar-refractivity contribution in [3.63, 3.8) is 0 Å². The van der Waals surface area contributed by atoms with Gasteiger partial charge in [-0.3, -0.25) is 9.10 Å². The number of halogens is 3. The molecule has 1 N–H and O–H groups in total. The van der Waals surface area contributed by atoms with Crippen molar-refractivity contribution >= 4 is 21.6 Å². The summed E-state index contributed by atoms with van der Waals surface area (Å²) in [5, 5.41) is 1.74. The minimum absolute atomic E-state index is 0.0685. The van der Waals surface area contributed by atoms with Gasteiger partial charge in [-0.25, -0.2) is 8.42 Å². The molecule has 1 unspecified atom stereocenters. The number of hydrogen-bond donors (Lipinski definition) is 1. The van der Waals surface area contributed by atoms with Crippen molar-refractivity contribution in [3.8, 4) is 0 Å². The van der Waals surface area contributed by atoms with Crippen molar-refractivity contribution in [1.29, 1.82) is 0 Å². The summed E-state index contributed by atoms with van der Waals surface area (Å²) in [4.78, 5) is 12.2. The van der Waals surface area contributed by atoms with Gasteiger partial charge < -0.3 is 5.32 Å². The minimum atomic E-state index is -4.59. The molecular weight excluding hydrogens is 381 g/mol. The number of benzene rings is 2. The van der Waals surface area contributed by atoms with Crippen molar-refractivity contribution in [3.05, 3.63) is 60.2 Å². The summed E-state index contributed by atoms with van der Waals surface area (Å²) < 4.78 is 64.2. The van der Waals surface area contributed by atoms with Crippen LogP contribution in [0.5, 0.6) is 0 Å². The summed E-state index contributed by atoms with van der Waals surface area (Å²) in [5.74, 6) is -1.05. The molecule has 0 radical (unpaired) electrons. The van der Waals surface area contributed by atoms with E-state index in [1.54, 1.807) is 30.4 Å². The van der Waals surface area contributed by atoms with Gasteiger partial charge in [-0.1, -0.05) is 35.9 Å². The molecule has 2 aromatic rings. The topological polar surface area (TPSA) is 66.5 Å². The second-order valence-electron chi connectivity index (χ2n) is 5.96. The molecule has 9 heteroatoms. The molecule has 0 saturated heterocycles. The van der Waals surface area contributed by atoms with Gasteiger partial charge in [0.1, 0.15) is 12.6 Å². The zero-order chi connectivity index (χ0) is 20.2. The number of carbonyl (C=O) groups excluding carboxylic acids is 1. The molecule has 0 aliphatic rings. The first-order valence-electron chi connectivity index (χ1n) is 8.03. The van der Waals surface area contributed by atoms with Crippen molar-refractivity contribution in [2.24, 2.45) is 0 Å². The van der Waals surface area contributed by atoms with Gasteiger partial charge in [-0.05, 0) is 38.1 Å². The summed E-state index contributed by atoms with van der Waals surface area (Å²) in [5.41, 5.74) is 1.05. The number of nitrogens with one attached hydrogen (secondary N) is 1. The predicted molar refractivity (Wildman–Crippen MR) is 95.8 cm³/mol. The fourth-order valence-electron chi connectivity index (χ4n) is 2.41. The first-order valence-corrected chi connectivity index (χ1v) is 9.47. The Morgan fingerprint density at radius 3 is 2.15 bits per heavy atom. The molecule has 27 heavy (non-hydrogen) atoms. The number of anilines is 1. The highest BCUT2D eigenvalue weighted by atomic mass is 32.2. The van der Waals surface area contributed by atoms with Gasteiger partial charge in [0, 0.05) is 0 Å². The average Bonchev–Trinajstić information content (AvgIpc) is 2.61. The van der Waals surface area contributed by atoms with Gasteiger partial charge in [0.05, 0.1) is 10.6 Å². The normalized spacial score (nSPS) is 13.1. The molecule has 0 fully saturated rings. The first-order chi connectivity index (χ1) is 12.5. The van der Waals surface area contributed by atoms with E-state index >= 15 is 0 Å². The van der Waals surface area contributed by atoms with Crippen LogP contribution in [0.15, 0.2) is 59.5 Å². The van der Waals surface area contributed by atoms with E-state index in [-0.39, 0.29) is 10.6 Å². The second kappa shape index (κ2) is 7.99. The zero-order valence-electron chi connectivity index (χ0n) is 14.7. The zero-order valence-corrected chi connectivity index (χ0v) is 15.5. The molecule has 2 rings (SSSR count). The third-order valence-corrected chi connectivity index (χ3v) is 5.70. The van der Waals surface area contributed by atoms with Crippen LogP contribution in [-0.2, 0) is 14.8 Å². The SMILES string of the molecule is Cc1ccc(N(C(C)C(=O)NCC(F)(F)F)S(=O)(=O)c2ccccc2)cc1. The Bertz CT molecular complexity index is 882. The van der Waals surface area contributed by atoms with Crippen molar-refractivity contribution in [2.45, 2.75) is 31.0 Å².